The van der Waals surface area contributed by atoms with Crippen LogP contribution in [0.15, 0.2) is 99.6 Å². The third-order valence-electron chi connectivity index (χ3n) is 4.89. The molecule has 7 heteroatoms. The molecule has 1 aliphatic carbocycles. The molecule has 0 unspecified atom stereocenters. The van der Waals surface area contributed by atoms with Gasteiger partial charge in [0.15, 0.2) is 0 Å². The van der Waals surface area contributed by atoms with Crippen molar-refractivity contribution in [2.45, 2.75) is 33.1 Å². The molecule has 28 heavy (non-hydrogen) atoms. The lowest BCUT2D eigenvalue weighted by Crippen LogP contribution is -2.34. The molecule has 0 bridgehead atoms. The third kappa shape index (κ3) is 3.48. The van der Waals surface area contributed by atoms with Gasteiger partial charge in [0.2, 0.25) is 19.9 Å². The monoisotopic (exact) mass is 413 g/mol. The molecule has 0 radical (unpaired) electrons. The molecule has 3 aromatic rings. The van der Waals surface area contributed by atoms with Crippen molar-refractivity contribution in [3.05, 3.63) is 90.5 Å². The summed E-state index contributed by atoms with van der Waals surface area (Å²) < 4.78 is 54.3. The van der Waals surface area contributed by atoms with E-state index in [0.29, 0.717) is 12.8 Å². The molecular weight excluding hydrogens is 394 g/mol. The van der Waals surface area contributed by atoms with Gasteiger partial charge in [0.25, 0.3) is 0 Å². The van der Waals surface area contributed by atoms with Gasteiger partial charge in [0, 0.05) is 0 Å². The summed E-state index contributed by atoms with van der Waals surface area (Å²) in [4.78, 5) is 0.0123. The van der Waals surface area contributed by atoms with Gasteiger partial charge in [-0.3, -0.25) is 0 Å². The highest BCUT2D eigenvalue weighted by molar-refractivity contribution is 7.91. The van der Waals surface area contributed by atoms with Gasteiger partial charge in [0.05, 0.1) is 20.2 Å². The number of hydrogen-bond donors (Lipinski definition) is 1. The van der Waals surface area contributed by atoms with E-state index in [1.54, 1.807) is 18.2 Å². The van der Waals surface area contributed by atoms with E-state index >= 15 is 0 Å². The molecule has 4 rings (SSSR count). The standard InChI is InChI=1S/C21H19NO4S2/c23-27(24,18-10-5-2-6-11-18)19-12-7-13-20(16-19)28(25,26)22-21(14-15-21)17-8-3-1-4-9-17/h1-13,16,22H,14-15H2. The Morgan fingerprint density at radius 1 is 0.643 bits per heavy atom. The van der Waals surface area contributed by atoms with Crippen molar-refractivity contribution < 1.29 is 16.8 Å². The Balaban J connectivity index is 1.68. The molecule has 0 saturated heterocycles. The quantitative estimate of drug-likeness (QED) is 0.671. The van der Waals surface area contributed by atoms with Crippen molar-refractivity contribution >= 4 is 19.9 Å². The minimum atomic E-state index is -3.88. The van der Waals surface area contributed by atoms with E-state index in [2.05, 4.69) is 4.72 Å². The van der Waals surface area contributed by atoms with Gasteiger partial charge in [0.1, 0.15) is 0 Å². The fourth-order valence-corrected chi connectivity index (χ4v) is 6.09. The molecule has 0 spiro atoms. The Morgan fingerprint density at radius 3 is 1.79 bits per heavy atom. The average molecular weight is 414 g/mol. The topological polar surface area (TPSA) is 80.3 Å². The molecule has 1 N–H and O–H groups in total. The van der Waals surface area contributed by atoms with Crippen molar-refractivity contribution in [1.29, 1.82) is 0 Å². The van der Waals surface area contributed by atoms with Crippen LogP contribution in [0.3, 0.4) is 0 Å². The SMILES string of the molecule is O=S(=O)(NC1(c2ccccc2)CC1)c1cccc(S(=O)(=O)c2ccccc2)c1. The van der Waals surface area contributed by atoms with Crippen molar-refractivity contribution in [2.75, 3.05) is 0 Å². The Labute approximate surface area is 165 Å². The van der Waals surface area contributed by atoms with Gasteiger partial charge in [-0.2, -0.15) is 0 Å². The minimum absolute atomic E-state index is 0.0499. The van der Waals surface area contributed by atoms with E-state index in [1.807, 2.05) is 30.3 Å². The van der Waals surface area contributed by atoms with Crippen LogP contribution < -0.4 is 4.72 Å². The first-order chi connectivity index (χ1) is 13.3. The summed E-state index contributed by atoms with van der Waals surface area (Å²) >= 11 is 0. The van der Waals surface area contributed by atoms with Crippen LogP contribution in [0.25, 0.3) is 0 Å². The Hall–Kier alpha value is -2.48. The number of hydrogen-bond acceptors (Lipinski definition) is 4. The zero-order chi connectivity index (χ0) is 19.8. The summed E-state index contributed by atoms with van der Waals surface area (Å²) in [5.41, 5.74) is 0.292. The van der Waals surface area contributed by atoms with E-state index in [4.69, 9.17) is 0 Å². The first-order valence-electron chi connectivity index (χ1n) is 8.83. The molecule has 0 heterocycles. The zero-order valence-electron chi connectivity index (χ0n) is 14.9. The van der Waals surface area contributed by atoms with Crippen LogP contribution in [0.4, 0.5) is 0 Å². The lowest BCUT2D eigenvalue weighted by molar-refractivity contribution is 0.551. The largest absolute Gasteiger partial charge is 0.241 e. The number of sulfonamides is 1. The van der Waals surface area contributed by atoms with Crippen molar-refractivity contribution in [3.63, 3.8) is 0 Å². The molecule has 0 amide bonds. The first-order valence-corrected chi connectivity index (χ1v) is 11.8. The van der Waals surface area contributed by atoms with Crippen molar-refractivity contribution in [1.82, 2.24) is 4.72 Å². The predicted octanol–water partition coefficient (Wildman–Crippen LogP) is 3.49. The van der Waals surface area contributed by atoms with Gasteiger partial charge < -0.3 is 0 Å². The molecule has 0 aliphatic heterocycles. The van der Waals surface area contributed by atoms with Crippen LogP contribution in [-0.4, -0.2) is 16.8 Å². The zero-order valence-corrected chi connectivity index (χ0v) is 16.6. The molecule has 5 nitrogen and oxygen atoms in total. The van der Waals surface area contributed by atoms with Crippen LogP contribution in [0.1, 0.15) is 18.4 Å². The van der Waals surface area contributed by atoms with E-state index in [9.17, 15) is 16.8 Å². The fraction of sp³-hybridized carbons (Fsp3) is 0.143. The third-order valence-corrected chi connectivity index (χ3v) is 8.19. The van der Waals surface area contributed by atoms with Crippen LogP contribution in [-0.2, 0) is 25.4 Å². The van der Waals surface area contributed by atoms with E-state index in [-0.39, 0.29) is 14.7 Å². The molecule has 1 aliphatic rings. The van der Waals surface area contributed by atoms with Crippen LogP contribution in [0.2, 0.25) is 0 Å². The second-order valence-electron chi connectivity index (χ2n) is 6.84. The van der Waals surface area contributed by atoms with Crippen LogP contribution in [0, 0.1) is 0 Å². The molecule has 1 saturated carbocycles. The van der Waals surface area contributed by atoms with Gasteiger partial charge in [-0.25, -0.2) is 21.6 Å². The first kappa shape index (κ1) is 18.9. The maximum atomic E-state index is 13.0. The molecule has 0 atom stereocenters. The Kier molecular flexibility index (Phi) is 4.61. The summed E-state index contributed by atoms with van der Waals surface area (Å²) in [7, 11) is -7.68. The van der Waals surface area contributed by atoms with Gasteiger partial charge in [-0.1, -0.05) is 54.6 Å². The maximum absolute atomic E-state index is 13.0. The summed E-state index contributed by atoms with van der Waals surface area (Å²) in [6, 6.07) is 22.9. The minimum Gasteiger partial charge on any atom is -0.219 e. The summed E-state index contributed by atoms with van der Waals surface area (Å²) in [6.07, 6.45) is 1.41. The number of sulfone groups is 1. The summed E-state index contributed by atoms with van der Waals surface area (Å²) in [5, 5.41) is 0. The summed E-state index contributed by atoms with van der Waals surface area (Å²) in [6.45, 7) is 0. The molecule has 3 aromatic carbocycles. The molecular formula is C21H19NO4S2. The highest BCUT2D eigenvalue weighted by atomic mass is 32.2. The Morgan fingerprint density at radius 2 is 1.18 bits per heavy atom. The van der Waals surface area contributed by atoms with E-state index in [0.717, 1.165) is 5.56 Å². The van der Waals surface area contributed by atoms with E-state index in [1.165, 1.54) is 36.4 Å². The Bertz CT molecular complexity index is 1200. The second kappa shape index (κ2) is 6.84. The van der Waals surface area contributed by atoms with Gasteiger partial charge in [-0.05, 0) is 48.7 Å². The molecule has 0 aromatic heterocycles. The van der Waals surface area contributed by atoms with Gasteiger partial charge >= 0.3 is 0 Å². The highest BCUT2D eigenvalue weighted by Gasteiger charge is 2.47. The number of rotatable bonds is 6. The predicted molar refractivity (Wildman–Crippen MR) is 106 cm³/mol. The number of benzene rings is 3. The van der Waals surface area contributed by atoms with Gasteiger partial charge in [-0.15, -0.1) is 0 Å². The average Bonchev–Trinajstić information content (AvgIpc) is 3.49. The lowest BCUT2D eigenvalue weighted by Gasteiger charge is -2.18. The van der Waals surface area contributed by atoms with E-state index < -0.39 is 25.4 Å². The maximum Gasteiger partial charge on any atom is 0.241 e. The molecule has 144 valence electrons. The molecule has 1 fully saturated rings. The summed E-state index contributed by atoms with van der Waals surface area (Å²) in [5.74, 6) is 0. The fourth-order valence-electron chi connectivity index (χ4n) is 3.19. The van der Waals surface area contributed by atoms with Crippen molar-refractivity contribution in [3.8, 4) is 0 Å². The lowest BCUT2D eigenvalue weighted by atomic mass is 10.1. The highest BCUT2D eigenvalue weighted by Crippen LogP contribution is 2.46. The van der Waals surface area contributed by atoms with Crippen LogP contribution in [0.5, 0.6) is 0 Å². The normalized spacial score (nSPS) is 15.9. The second-order valence-corrected chi connectivity index (χ2v) is 10.5. The van der Waals surface area contributed by atoms with Crippen molar-refractivity contribution in [2.24, 2.45) is 0 Å². The van der Waals surface area contributed by atoms with Crippen LogP contribution >= 0.6 is 0 Å². The number of nitrogens with one attached hydrogen (secondary N) is 1. The smallest absolute Gasteiger partial charge is 0.219 e.